The van der Waals surface area contributed by atoms with Crippen molar-refractivity contribution in [2.75, 3.05) is 30.3 Å². The average Bonchev–Trinajstić information content (AvgIpc) is 2.65. The third-order valence-electron chi connectivity index (χ3n) is 6.15. The van der Waals surface area contributed by atoms with Crippen LogP contribution < -0.4 is 21.6 Å². The Kier molecular flexibility index (Phi) is 5.21. The lowest BCUT2D eigenvalue weighted by Crippen LogP contribution is -2.55. The Bertz CT molecular complexity index is 974. The molecule has 29 heavy (non-hydrogen) atoms. The second kappa shape index (κ2) is 7.81. The van der Waals surface area contributed by atoms with Gasteiger partial charge in [-0.1, -0.05) is 0 Å². The van der Waals surface area contributed by atoms with Crippen molar-refractivity contribution in [2.24, 2.45) is 17.8 Å². The number of carbonyl (C=O) groups excluding carboxylic acids is 1. The standard InChI is InChI=1S/C20H27N7O2/c1-12-9-13(2)27(20(29)24-12)8-6-22-18(28)15-10-14-4-7-26(11-16(14)15)19-23-5-3-17(21)25-19/h3,5,9,14-16H,4,6-8,10-11H2,1-2H3,(H,22,28)(H2,21,23,25)/t14-,15-,16-/m1/s1. The molecule has 0 unspecified atom stereocenters. The molecule has 1 saturated heterocycles. The molecular formula is C20H27N7O2. The fourth-order valence-corrected chi connectivity index (χ4v) is 4.55. The van der Waals surface area contributed by atoms with Crippen molar-refractivity contribution in [3.05, 3.63) is 40.2 Å². The van der Waals surface area contributed by atoms with E-state index in [0.717, 1.165) is 31.6 Å². The molecule has 1 saturated carbocycles. The zero-order chi connectivity index (χ0) is 20.5. The molecule has 3 heterocycles. The lowest BCUT2D eigenvalue weighted by atomic mass is 9.61. The smallest absolute Gasteiger partial charge is 0.348 e. The number of carbonyl (C=O) groups is 1. The highest BCUT2D eigenvalue weighted by Gasteiger charge is 2.47. The van der Waals surface area contributed by atoms with Crippen molar-refractivity contribution >= 4 is 17.7 Å². The van der Waals surface area contributed by atoms with E-state index in [9.17, 15) is 9.59 Å². The van der Waals surface area contributed by atoms with Crippen LogP contribution in [0.3, 0.4) is 0 Å². The molecule has 3 atom stereocenters. The third-order valence-corrected chi connectivity index (χ3v) is 6.15. The molecular weight excluding hydrogens is 370 g/mol. The number of hydrogen-bond donors (Lipinski definition) is 2. The van der Waals surface area contributed by atoms with Crippen molar-refractivity contribution in [2.45, 2.75) is 33.2 Å². The summed E-state index contributed by atoms with van der Waals surface area (Å²) in [6.45, 7) is 6.18. The van der Waals surface area contributed by atoms with Crippen LogP contribution in [0.1, 0.15) is 24.2 Å². The molecule has 9 heteroatoms. The maximum Gasteiger partial charge on any atom is 0.348 e. The summed E-state index contributed by atoms with van der Waals surface area (Å²) in [5.74, 6) is 2.03. The number of nitrogens with one attached hydrogen (secondary N) is 1. The zero-order valence-corrected chi connectivity index (χ0v) is 16.8. The van der Waals surface area contributed by atoms with Crippen molar-refractivity contribution in [1.29, 1.82) is 0 Å². The van der Waals surface area contributed by atoms with Gasteiger partial charge in [-0.25, -0.2) is 9.78 Å². The van der Waals surface area contributed by atoms with Crippen LogP contribution in [-0.2, 0) is 11.3 Å². The van der Waals surface area contributed by atoms with Crippen LogP contribution in [-0.4, -0.2) is 45.1 Å². The van der Waals surface area contributed by atoms with Crippen LogP contribution in [0.25, 0.3) is 0 Å². The monoisotopic (exact) mass is 397 g/mol. The Morgan fingerprint density at radius 1 is 1.34 bits per heavy atom. The van der Waals surface area contributed by atoms with Gasteiger partial charge in [0.05, 0.1) is 0 Å². The Hall–Kier alpha value is -2.97. The Morgan fingerprint density at radius 2 is 2.17 bits per heavy atom. The molecule has 1 aliphatic heterocycles. The van der Waals surface area contributed by atoms with Gasteiger partial charge in [0.1, 0.15) is 5.82 Å². The fourth-order valence-electron chi connectivity index (χ4n) is 4.55. The molecule has 0 aromatic carbocycles. The second-order valence-electron chi connectivity index (χ2n) is 8.05. The summed E-state index contributed by atoms with van der Waals surface area (Å²) in [6, 6.07) is 3.54. The first-order chi connectivity index (χ1) is 13.9. The summed E-state index contributed by atoms with van der Waals surface area (Å²) in [7, 11) is 0. The van der Waals surface area contributed by atoms with Crippen LogP contribution >= 0.6 is 0 Å². The summed E-state index contributed by atoms with van der Waals surface area (Å²) >= 11 is 0. The SMILES string of the molecule is Cc1cc(C)n(CCNC(=O)[C@@H]2C[C@H]3CCN(c4nccc(N)n4)C[C@H]32)c(=O)n1. The van der Waals surface area contributed by atoms with Gasteiger partial charge in [-0.05, 0) is 50.7 Å². The Morgan fingerprint density at radius 3 is 2.93 bits per heavy atom. The van der Waals surface area contributed by atoms with Crippen molar-refractivity contribution in [3.63, 3.8) is 0 Å². The number of nitrogens with zero attached hydrogens (tertiary/aromatic N) is 5. The molecule has 2 aromatic heterocycles. The van der Waals surface area contributed by atoms with Crippen LogP contribution in [0.5, 0.6) is 0 Å². The number of nitrogen functional groups attached to an aromatic ring is 1. The fraction of sp³-hybridized carbons (Fsp3) is 0.550. The molecule has 0 bridgehead atoms. The van der Waals surface area contributed by atoms with E-state index in [1.54, 1.807) is 23.8 Å². The van der Waals surface area contributed by atoms with Crippen LogP contribution in [0.15, 0.2) is 23.1 Å². The largest absolute Gasteiger partial charge is 0.384 e. The van der Waals surface area contributed by atoms with Crippen molar-refractivity contribution in [1.82, 2.24) is 24.8 Å². The van der Waals surface area contributed by atoms with Crippen molar-refractivity contribution in [3.8, 4) is 0 Å². The number of fused-ring (bicyclic) bond motifs is 1. The molecule has 0 spiro atoms. The number of piperidine rings is 1. The summed E-state index contributed by atoms with van der Waals surface area (Å²) in [4.78, 5) is 39.5. The number of rotatable bonds is 5. The van der Waals surface area contributed by atoms with Crippen molar-refractivity contribution < 1.29 is 4.79 Å². The van der Waals surface area contributed by atoms with E-state index in [0.29, 0.717) is 42.4 Å². The van der Waals surface area contributed by atoms with Crippen LogP contribution in [0.2, 0.25) is 0 Å². The third kappa shape index (κ3) is 3.94. The van der Waals surface area contributed by atoms with Gasteiger partial charge in [-0.2, -0.15) is 9.97 Å². The van der Waals surface area contributed by atoms with Gasteiger partial charge in [0.2, 0.25) is 11.9 Å². The van der Waals surface area contributed by atoms with Gasteiger partial charge in [-0.15, -0.1) is 0 Å². The van der Waals surface area contributed by atoms with Gasteiger partial charge >= 0.3 is 5.69 Å². The first-order valence-corrected chi connectivity index (χ1v) is 10.1. The van der Waals surface area contributed by atoms with E-state index in [1.165, 1.54) is 0 Å². The zero-order valence-electron chi connectivity index (χ0n) is 16.8. The minimum Gasteiger partial charge on any atom is -0.384 e. The summed E-state index contributed by atoms with van der Waals surface area (Å²) in [6.07, 6.45) is 3.63. The number of aryl methyl sites for hydroxylation is 2. The minimum absolute atomic E-state index is 0.00202. The van der Waals surface area contributed by atoms with Crippen LogP contribution in [0.4, 0.5) is 11.8 Å². The molecule has 0 radical (unpaired) electrons. The highest BCUT2D eigenvalue weighted by Crippen LogP contribution is 2.46. The number of nitrogens with two attached hydrogens (primary N) is 1. The molecule has 1 amide bonds. The first kappa shape index (κ1) is 19.4. The van der Waals surface area contributed by atoms with Gasteiger partial charge in [0.25, 0.3) is 0 Å². The molecule has 2 aromatic rings. The normalized spacial score (nSPS) is 23.2. The van der Waals surface area contributed by atoms with Crippen LogP contribution in [0, 0.1) is 31.6 Å². The van der Waals surface area contributed by atoms with Gasteiger partial charge in [-0.3, -0.25) is 9.36 Å². The van der Waals surface area contributed by atoms with Gasteiger partial charge in [0, 0.05) is 49.7 Å². The molecule has 154 valence electrons. The number of hydrogen-bond acceptors (Lipinski definition) is 7. The van der Waals surface area contributed by atoms with Gasteiger partial charge in [0.15, 0.2) is 0 Å². The molecule has 1 aliphatic carbocycles. The maximum absolute atomic E-state index is 12.7. The summed E-state index contributed by atoms with van der Waals surface area (Å²) < 4.78 is 1.59. The predicted octanol–water partition coefficient (Wildman–Crippen LogP) is 0.511. The lowest BCUT2D eigenvalue weighted by molar-refractivity contribution is -0.134. The molecule has 9 nitrogen and oxygen atoms in total. The average molecular weight is 397 g/mol. The van der Waals surface area contributed by atoms with E-state index in [-0.39, 0.29) is 17.5 Å². The van der Waals surface area contributed by atoms with E-state index in [2.05, 4.69) is 25.2 Å². The van der Waals surface area contributed by atoms with E-state index >= 15 is 0 Å². The first-order valence-electron chi connectivity index (χ1n) is 10.1. The minimum atomic E-state index is -0.273. The number of anilines is 2. The van der Waals surface area contributed by atoms with E-state index in [4.69, 9.17) is 5.73 Å². The predicted molar refractivity (Wildman–Crippen MR) is 109 cm³/mol. The Balaban J connectivity index is 1.33. The second-order valence-corrected chi connectivity index (χ2v) is 8.05. The lowest BCUT2D eigenvalue weighted by Gasteiger charge is -2.50. The van der Waals surface area contributed by atoms with Gasteiger partial charge < -0.3 is 16.0 Å². The highest BCUT2D eigenvalue weighted by atomic mass is 16.2. The number of amides is 1. The Labute approximate surface area is 169 Å². The molecule has 2 aliphatic rings. The summed E-state index contributed by atoms with van der Waals surface area (Å²) in [5, 5.41) is 3.00. The number of aromatic nitrogens is 4. The molecule has 3 N–H and O–H groups in total. The van der Waals surface area contributed by atoms with E-state index < -0.39 is 0 Å². The van der Waals surface area contributed by atoms with E-state index in [1.807, 2.05) is 13.0 Å². The molecule has 2 fully saturated rings. The highest BCUT2D eigenvalue weighted by molar-refractivity contribution is 5.80. The quantitative estimate of drug-likeness (QED) is 0.754. The topological polar surface area (TPSA) is 119 Å². The molecule has 4 rings (SSSR count). The summed E-state index contributed by atoms with van der Waals surface area (Å²) in [5.41, 5.74) is 7.07. The maximum atomic E-state index is 12.7.